The van der Waals surface area contributed by atoms with E-state index in [2.05, 4.69) is 0 Å². The number of ether oxygens (including phenoxy) is 1. The molecule has 1 amide bonds. The highest BCUT2D eigenvalue weighted by atomic mass is 32.2. The van der Waals surface area contributed by atoms with Crippen LogP contribution in [0.2, 0.25) is 0 Å². The normalized spacial score (nSPS) is 12.0. The summed E-state index contributed by atoms with van der Waals surface area (Å²) < 4.78 is 29.0. The summed E-state index contributed by atoms with van der Waals surface area (Å²) in [6.45, 7) is 4.90. The van der Waals surface area contributed by atoms with Crippen molar-refractivity contribution < 1.29 is 23.1 Å². The molecule has 0 aliphatic heterocycles. The van der Waals surface area contributed by atoms with Gasteiger partial charge in [-0.25, -0.2) is 13.2 Å². The lowest BCUT2D eigenvalue weighted by atomic mass is 10.2. The molecule has 1 N–H and O–H groups in total. The van der Waals surface area contributed by atoms with Gasteiger partial charge in [0.2, 0.25) is 10.0 Å². The molecule has 0 atom stereocenters. The summed E-state index contributed by atoms with van der Waals surface area (Å²) in [5.74, 6) is -0.144. The number of phenolic OH excluding ortho intramolecular Hbond substituents is 1. The van der Waals surface area contributed by atoms with Crippen molar-refractivity contribution in [2.75, 3.05) is 10.6 Å². The van der Waals surface area contributed by atoms with Crippen LogP contribution < -0.4 is 4.31 Å². The van der Waals surface area contributed by atoms with Crippen LogP contribution in [0.3, 0.4) is 0 Å². The Morgan fingerprint density at radius 3 is 2.32 bits per heavy atom. The van der Waals surface area contributed by atoms with Gasteiger partial charge >= 0.3 is 6.09 Å². The van der Waals surface area contributed by atoms with E-state index >= 15 is 0 Å². The fourth-order valence-electron chi connectivity index (χ4n) is 1.36. The first kappa shape index (κ1) is 15.3. The first-order chi connectivity index (χ1) is 8.50. The molecule has 1 rings (SSSR count). The molecule has 106 valence electrons. The molecule has 19 heavy (non-hydrogen) atoms. The number of aromatic hydroxyl groups is 1. The number of hydrogen-bond acceptors (Lipinski definition) is 5. The smallest absolute Gasteiger partial charge is 0.428 e. The van der Waals surface area contributed by atoms with Gasteiger partial charge in [-0.3, -0.25) is 0 Å². The molecule has 0 aliphatic carbocycles. The van der Waals surface area contributed by atoms with Gasteiger partial charge in [0, 0.05) is 6.07 Å². The molecular formula is C12H17NO5S. The Labute approximate surface area is 112 Å². The van der Waals surface area contributed by atoms with E-state index in [1.165, 1.54) is 24.3 Å². The van der Waals surface area contributed by atoms with E-state index in [-0.39, 0.29) is 11.4 Å². The lowest BCUT2D eigenvalue weighted by Crippen LogP contribution is -2.40. The number of amides is 1. The van der Waals surface area contributed by atoms with Crippen molar-refractivity contribution in [3.63, 3.8) is 0 Å². The van der Waals surface area contributed by atoms with Gasteiger partial charge in [0.15, 0.2) is 0 Å². The third-order valence-corrected chi connectivity index (χ3v) is 2.98. The lowest BCUT2D eigenvalue weighted by Gasteiger charge is -2.25. The first-order valence-corrected chi connectivity index (χ1v) is 7.38. The van der Waals surface area contributed by atoms with E-state index in [1.807, 2.05) is 0 Å². The molecule has 0 saturated carbocycles. The van der Waals surface area contributed by atoms with Gasteiger partial charge in [0.25, 0.3) is 0 Å². The number of nitrogens with zero attached hydrogens (tertiary/aromatic N) is 1. The molecule has 0 heterocycles. The summed E-state index contributed by atoms with van der Waals surface area (Å²) >= 11 is 0. The van der Waals surface area contributed by atoms with Crippen molar-refractivity contribution in [1.82, 2.24) is 0 Å². The Balaban J connectivity index is 3.21. The highest BCUT2D eigenvalue weighted by Gasteiger charge is 2.30. The molecule has 0 spiro atoms. The molecule has 1 aromatic carbocycles. The van der Waals surface area contributed by atoms with E-state index in [1.54, 1.807) is 20.8 Å². The predicted octanol–water partition coefficient (Wildman–Crippen LogP) is 2.09. The first-order valence-electron chi connectivity index (χ1n) is 5.53. The summed E-state index contributed by atoms with van der Waals surface area (Å²) in [6.07, 6.45) is -0.123. The van der Waals surface area contributed by atoms with Crippen molar-refractivity contribution in [2.24, 2.45) is 0 Å². The van der Waals surface area contributed by atoms with Crippen LogP contribution in [0.1, 0.15) is 20.8 Å². The van der Waals surface area contributed by atoms with Gasteiger partial charge in [-0.05, 0) is 32.9 Å². The minimum absolute atomic E-state index is 0.0248. The van der Waals surface area contributed by atoms with Gasteiger partial charge in [-0.2, -0.15) is 4.31 Å². The van der Waals surface area contributed by atoms with Crippen LogP contribution in [0.25, 0.3) is 0 Å². The summed E-state index contributed by atoms with van der Waals surface area (Å²) in [5.41, 5.74) is -0.798. The zero-order valence-corrected chi connectivity index (χ0v) is 12.1. The zero-order chi connectivity index (χ0) is 14.8. The van der Waals surface area contributed by atoms with Crippen LogP contribution in [-0.4, -0.2) is 31.5 Å². The average Bonchev–Trinajstić information content (AvgIpc) is 2.11. The van der Waals surface area contributed by atoms with Crippen molar-refractivity contribution in [3.8, 4) is 5.75 Å². The van der Waals surface area contributed by atoms with Crippen LogP contribution in [0.4, 0.5) is 10.5 Å². The number of phenols is 1. The van der Waals surface area contributed by atoms with Crippen LogP contribution in [0.5, 0.6) is 5.75 Å². The molecule has 0 bridgehead atoms. The average molecular weight is 287 g/mol. The standard InChI is InChI=1S/C12H17NO5S/c1-12(2,3)18-11(15)13(19(4,16)17)9-6-5-7-10(14)8-9/h5-8,14H,1-4H3. The van der Waals surface area contributed by atoms with E-state index in [0.717, 1.165) is 6.26 Å². The summed E-state index contributed by atoms with van der Waals surface area (Å²) in [4.78, 5) is 12.0. The van der Waals surface area contributed by atoms with Crippen molar-refractivity contribution in [3.05, 3.63) is 24.3 Å². The second kappa shape index (κ2) is 5.08. The van der Waals surface area contributed by atoms with Crippen molar-refractivity contribution in [2.45, 2.75) is 26.4 Å². The van der Waals surface area contributed by atoms with Crippen molar-refractivity contribution >= 4 is 21.8 Å². The molecule has 7 heteroatoms. The monoisotopic (exact) mass is 287 g/mol. The molecule has 0 radical (unpaired) electrons. The van der Waals surface area contributed by atoms with Gasteiger partial charge in [-0.15, -0.1) is 0 Å². The third-order valence-electron chi connectivity index (χ3n) is 1.96. The number of anilines is 1. The number of benzene rings is 1. The largest absolute Gasteiger partial charge is 0.508 e. The lowest BCUT2D eigenvalue weighted by molar-refractivity contribution is 0.0609. The van der Waals surface area contributed by atoms with E-state index in [0.29, 0.717) is 4.31 Å². The Kier molecular flexibility index (Phi) is 4.09. The maximum Gasteiger partial charge on any atom is 0.428 e. The Morgan fingerprint density at radius 2 is 1.89 bits per heavy atom. The maximum atomic E-state index is 12.0. The highest BCUT2D eigenvalue weighted by Crippen LogP contribution is 2.24. The van der Waals surface area contributed by atoms with Crippen LogP contribution >= 0.6 is 0 Å². The fourth-order valence-corrected chi connectivity index (χ4v) is 2.16. The fraction of sp³-hybridized carbons (Fsp3) is 0.417. The minimum Gasteiger partial charge on any atom is -0.508 e. The van der Waals surface area contributed by atoms with Gasteiger partial charge < -0.3 is 9.84 Å². The van der Waals surface area contributed by atoms with E-state index < -0.39 is 21.7 Å². The predicted molar refractivity (Wildman–Crippen MR) is 71.7 cm³/mol. The SMILES string of the molecule is CC(C)(C)OC(=O)N(c1cccc(O)c1)S(C)(=O)=O. The van der Waals surface area contributed by atoms with Crippen LogP contribution in [0.15, 0.2) is 24.3 Å². The molecule has 6 nitrogen and oxygen atoms in total. The Bertz CT molecular complexity index is 574. The zero-order valence-electron chi connectivity index (χ0n) is 11.2. The molecule has 0 unspecified atom stereocenters. The number of rotatable bonds is 2. The topological polar surface area (TPSA) is 83.9 Å². The molecular weight excluding hydrogens is 270 g/mol. The number of sulfonamides is 1. The quantitative estimate of drug-likeness (QED) is 0.900. The molecule has 1 aromatic rings. The third kappa shape index (κ3) is 4.44. The summed E-state index contributed by atoms with van der Waals surface area (Å²) in [6, 6.07) is 5.38. The number of carbonyl (C=O) groups excluding carboxylic acids is 1. The van der Waals surface area contributed by atoms with Gasteiger partial charge in [0.05, 0.1) is 11.9 Å². The number of hydrogen-bond donors (Lipinski definition) is 1. The minimum atomic E-state index is -3.86. The Morgan fingerprint density at radius 1 is 1.32 bits per heavy atom. The highest BCUT2D eigenvalue weighted by molar-refractivity contribution is 7.92. The van der Waals surface area contributed by atoms with Crippen molar-refractivity contribution in [1.29, 1.82) is 0 Å². The second-order valence-corrected chi connectivity index (χ2v) is 6.86. The van der Waals surface area contributed by atoms with Crippen LogP contribution in [-0.2, 0) is 14.8 Å². The Hall–Kier alpha value is -1.76. The number of carbonyl (C=O) groups is 1. The summed E-state index contributed by atoms with van der Waals surface area (Å²) in [5, 5.41) is 9.37. The summed E-state index contributed by atoms with van der Waals surface area (Å²) in [7, 11) is -3.86. The van der Waals surface area contributed by atoms with Gasteiger partial charge in [-0.1, -0.05) is 6.07 Å². The maximum absolute atomic E-state index is 12.0. The van der Waals surface area contributed by atoms with Crippen LogP contribution in [0, 0.1) is 0 Å². The molecule has 0 fully saturated rings. The van der Waals surface area contributed by atoms with Gasteiger partial charge in [0.1, 0.15) is 11.4 Å². The molecule has 0 aliphatic rings. The molecule has 0 saturated heterocycles. The van der Waals surface area contributed by atoms with E-state index in [9.17, 15) is 18.3 Å². The second-order valence-electron chi connectivity index (χ2n) is 5.03. The molecule has 0 aromatic heterocycles. The van der Waals surface area contributed by atoms with E-state index in [4.69, 9.17) is 4.74 Å².